The number of hydrogen-bond acceptors (Lipinski definition) is 10. The molecule has 0 spiro atoms. The average Bonchev–Trinajstić information content (AvgIpc) is 3.29. The van der Waals surface area contributed by atoms with E-state index in [-0.39, 0.29) is 11.5 Å². The van der Waals surface area contributed by atoms with Gasteiger partial charge in [-0.3, -0.25) is 19.5 Å². The van der Waals surface area contributed by atoms with Crippen molar-refractivity contribution in [3.05, 3.63) is 71.8 Å². The van der Waals surface area contributed by atoms with Crippen LogP contribution in [0.25, 0.3) is 17.1 Å². The summed E-state index contributed by atoms with van der Waals surface area (Å²) in [6, 6.07) is 7.10. The van der Waals surface area contributed by atoms with Crippen molar-refractivity contribution < 1.29 is 23.0 Å². The van der Waals surface area contributed by atoms with Gasteiger partial charge in [0.25, 0.3) is 0 Å². The Morgan fingerprint density at radius 1 is 1.00 bits per heavy atom. The van der Waals surface area contributed by atoms with E-state index in [1.165, 1.54) is 33.5 Å². The molecule has 0 radical (unpaired) electrons. The molecule has 1 aromatic carbocycles. The molecule has 2 atom stereocenters. The van der Waals surface area contributed by atoms with Gasteiger partial charge in [-0.05, 0) is 44.5 Å². The molecule has 0 amide bonds. The van der Waals surface area contributed by atoms with Gasteiger partial charge in [0.15, 0.2) is 21.5 Å². The topological polar surface area (TPSA) is 142 Å². The van der Waals surface area contributed by atoms with Crippen LogP contribution in [-0.4, -0.2) is 62.7 Å². The predicted molar refractivity (Wildman–Crippen MR) is 136 cm³/mol. The van der Waals surface area contributed by atoms with Gasteiger partial charge >= 0.3 is 0 Å². The first-order valence-corrected chi connectivity index (χ1v) is 13.1. The van der Waals surface area contributed by atoms with E-state index in [2.05, 4.69) is 25.1 Å². The Kier molecular flexibility index (Phi) is 7.50. The van der Waals surface area contributed by atoms with Crippen molar-refractivity contribution in [1.82, 2.24) is 29.7 Å². The first kappa shape index (κ1) is 26.2. The number of aromatic nitrogens is 6. The Morgan fingerprint density at radius 2 is 1.70 bits per heavy atom. The first-order valence-electron chi connectivity index (χ1n) is 11.4. The number of ether oxygens (including phenoxy) is 2. The number of rotatable bonds is 9. The van der Waals surface area contributed by atoms with Crippen LogP contribution in [0.5, 0.6) is 11.5 Å². The number of aliphatic hydroxyl groups is 1. The van der Waals surface area contributed by atoms with Gasteiger partial charge < -0.3 is 14.6 Å². The first-order chi connectivity index (χ1) is 17.7. The van der Waals surface area contributed by atoms with Crippen molar-refractivity contribution in [1.29, 1.82) is 0 Å². The van der Waals surface area contributed by atoms with E-state index in [1.807, 2.05) is 13.0 Å². The molecule has 0 saturated heterocycles. The van der Waals surface area contributed by atoms with Crippen LogP contribution < -0.4 is 9.47 Å². The Morgan fingerprint density at radius 3 is 2.30 bits per heavy atom. The smallest absolute Gasteiger partial charge is 0.170 e. The van der Waals surface area contributed by atoms with Gasteiger partial charge in [-0.15, -0.1) is 10.2 Å². The molecule has 194 valence electrons. The molecule has 0 unspecified atom stereocenters. The number of para-hydroxylation sites is 1. The molecule has 0 aliphatic heterocycles. The molecular weight excluding hydrogens is 496 g/mol. The monoisotopic (exact) mass is 524 g/mol. The minimum absolute atomic E-state index is 0.119. The second-order valence-corrected chi connectivity index (χ2v) is 10.9. The average molecular weight is 525 g/mol. The number of aliphatic hydroxyl groups excluding tert-OH is 1. The number of pyridine rings is 1. The van der Waals surface area contributed by atoms with E-state index in [0.717, 1.165) is 5.56 Å². The van der Waals surface area contributed by atoms with Crippen LogP contribution in [0, 0.1) is 13.8 Å². The van der Waals surface area contributed by atoms with Gasteiger partial charge in [0.1, 0.15) is 29.0 Å². The summed E-state index contributed by atoms with van der Waals surface area (Å²) in [4.78, 5) is 12.5. The van der Waals surface area contributed by atoms with Gasteiger partial charge in [0, 0.05) is 24.2 Å². The summed E-state index contributed by atoms with van der Waals surface area (Å²) in [5.74, 6) is 0.832. The molecule has 3 aromatic heterocycles. The number of nitrogens with zero attached hydrogens (tertiary/aromatic N) is 6. The van der Waals surface area contributed by atoms with Gasteiger partial charge in [0.05, 0.1) is 37.1 Å². The van der Waals surface area contributed by atoms with E-state index in [4.69, 9.17) is 9.47 Å². The second kappa shape index (κ2) is 10.6. The van der Waals surface area contributed by atoms with Crippen molar-refractivity contribution in [3.8, 4) is 28.6 Å². The number of hydrogen-bond donors (Lipinski definition) is 1. The summed E-state index contributed by atoms with van der Waals surface area (Å²) in [5, 5.41) is 18.2. The van der Waals surface area contributed by atoms with Crippen molar-refractivity contribution in [2.24, 2.45) is 0 Å². The van der Waals surface area contributed by atoms with Crippen LogP contribution in [0.4, 0.5) is 0 Å². The molecule has 11 nitrogen and oxygen atoms in total. The molecule has 4 rings (SSSR count). The molecule has 37 heavy (non-hydrogen) atoms. The van der Waals surface area contributed by atoms with E-state index in [9.17, 15) is 13.5 Å². The molecule has 0 bridgehead atoms. The fourth-order valence-electron chi connectivity index (χ4n) is 3.86. The highest BCUT2D eigenvalue weighted by atomic mass is 32.2. The maximum Gasteiger partial charge on any atom is 0.170 e. The number of aryl methyl sites for hydroxylation is 2. The van der Waals surface area contributed by atoms with Crippen LogP contribution in [0.2, 0.25) is 0 Å². The molecular formula is C25H28N6O5S. The number of methoxy groups -OCH3 is 2. The van der Waals surface area contributed by atoms with Crippen LogP contribution in [-0.2, 0) is 15.6 Å². The van der Waals surface area contributed by atoms with Crippen molar-refractivity contribution in [2.75, 3.05) is 14.2 Å². The van der Waals surface area contributed by atoms with E-state index in [1.54, 1.807) is 42.1 Å². The highest BCUT2D eigenvalue weighted by molar-refractivity contribution is 7.91. The van der Waals surface area contributed by atoms with Crippen LogP contribution >= 0.6 is 0 Å². The van der Waals surface area contributed by atoms with E-state index < -0.39 is 26.9 Å². The third-order valence-corrected chi connectivity index (χ3v) is 7.99. The normalized spacial score (nSPS) is 13.2. The maximum absolute atomic E-state index is 13.5. The van der Waals surface area contributed by atoms with Crippen molar-refractivity contribution in [2.45, 2.75) is 37.9 Å². The number of benzene rings is 1. The van der Waals surface area contributed by atoms with Crippen molar-refractivity contribution >= 4 is 9.84 Å². The fraction of sp³-hybridized carbons (Fsp3) is 0.320. The molecule has 0 aliphatic rings. The van der Waals surface area contributed by atoms with Crippen LogP contribution in [0.3, 0.4) is 0 Å². The van der Waals surface area contributed by atoms with Gasteiger partial charge in [-0.1, -0.05) is 6.07 Å². The quantitative estimate of drug-likeness (QED) is 0.347. The highest BCUT2D eigenvalue weighted by Gasteiger charge is 2.33. The lowest BCUT2D eigenvalue weighted by molar-refractivity contribution is 0.170. The zero-order valence-electron chi connectivity index (χ0n) is 21.2. The highest BCUT2D eigenvalue weighted by Crippen LogP contribution is 2.37. The Labute approximate surface area is 215 Å². The van der Waals surface area contributed by atoms with Crippen molar-refractivity contribution in [3.63, 3.8) is 0 Å². The minimum atomic E-state index is -3.96. The molecule has 0 saturated carbocycles. The summed E-state index contributed by atoms with van der Waals surface area (Å²) in [7, 11) is -0.940. The summed E-state index contributed by atoms with van der Waals surface area (Å²) in [5.41, 5.74) is 2.79. The predicted octanol–water partition coefficient (Wildman–Crippen LogP) is 2.79. The summed E-state index contributed by atoms with van der Waals surface area (Å²) < 4.78 is 39.8. The van der Waals surface area contributed by atoms with Gasteiger partial charge in [-0.2, -0.15) is 0 Å². The van der Waals surface area contributed by atoms with E-state index in [0.29, 0.717) is 34.3 Å². The van der Waals surface area contributed by atoms with Gasteiger partial charge in [-0.25, -0.2) is 8.42 Å². The van der Waals surface area contributed by atoms with Crippen LogP contribution in [0.15, 0.2) is 49.1 Å². The summed E-state index contributed by atoms with van der Waals surface area (Å²) in [6.45, 7) is 5.07. The zero-order valence-corrected chi connectivity index (χ0v) is 22.0. The molecule has 3 heterocycles. The van der Waals surface area contributed by atoms with Crippen LogP contribution in [0.1, 0.15) is 35.8 Å². The van der Waals surface area contributed by atoms with E-state index >= 15 is 0 Å². The maximum atomic E-state index is 13.5. The Balaban J connectivity index is 1.83. The second-order valence-electron chi connectivity index (χ2n) is 8.58. The lowest BCUT2D eigenvalue weighted by atomic mass is 10.2. The largest absolute Gasteiger partial charge is 0.494 e. The Bertz CT molecular complexity index is 1480. The molecule has 0 fully saturated rings. The standard InChI is InChI=1S/C25H28N6O5S/c1-15-9-18(12-26-10-15)25-30-29-22(31(25)23-20(35-4)7-6-8-21(23)36-5)14-37(33,34)17(3)24(32)19-13-27-16(2)11-28-19/h6-13,17,24,32H,14H2,1-5H3/t17-,24-/m0/s1. The third kappa shape index (κ3) is 5.30. The lowest BCUT2D eigenvalue weighted by Gasteiger charge is -2.20. The summed E-state index contributed by atoms with van der Waals surface area (Å²) in [6.07, 6.45) is 4.80. The number of sulfone groups is 1. The lowest BCUT2D eigenvalue weighted by Crippen LogP contribution is -2.28. The molecule has 4 aromatic rings. The fourth-order valence-corrected chi connectivity index (χ4v) is 5.21. The SMILES string of the molecule is COc1cccc(OC)c1-n1c(CS(=O)(=O)[C@@H](C)[C@H](O)c2cnc(C)cn2)nnc1-c1cncc(C)c1. The molecule has 1 N–H and O–H groups in total. The summed E-state index contributed by atoms with van der Waals surface area (Å²) >= 11 is 0. The molecule has 12 heteroatoms. The van der Waals surface area contributed by atoms with Gasteiger partial charge in [0.2, 0.25) is 0 Å². The Hall–Kier alpha value is -3.90. The third-order valence-electron chi connectivity index (χ3n) is 5.93. The molecule has 0 aliphatic carbocycles. The minimum Gasteiger partial charge on any atom is -0.494 e. The zero-order chi connectivity index (χ0) is 26.7.